The minimum Gasteiger partial charge on any atom is -0.469 e. The maximum absolute atomic E-state index is 11.5. The lowest BCUT2D eigenvalue weighted by atomic mass is 9.95. The van der Waals surface area contributed by atoms with E-state index in [1.807, 2.05) is 0 Å². The van der Waals surface area contributed by atoms with Crippen LogP contribution in [-0.2, 0) is 9.53 Å². The van der Waals surface area contributed by atoms with Crippen LogP contribution in [0.1, 0.15) is 52.4 Å². The third-order valence-corrected chi connectivity index (χ3v) is 4.77. The molecule has 19 heavy (non-hydrogen) atoms. The van der Waals surface area contributed by atoms with Crippen LogP contribution in [0.5, 0.6) is 0 Å². The van der Waals surface area contributed by atoms with Gasteiger partial charge in [-0.2, -0.15) is 0 Å². The summed E-state index contributed by atoms with van der Waals surface area (Å²) in [5.74, 6) is -0.108. The van der Waals surface area contributed by atoms with Crippen molar-refractivity contribution in [1.82, 2.24) is 10.2 Å². The van der Waals surface area contributed by atoms with Gasteiger partial charge in [0.05, 0.1) is 13.5 Å². The smallest absolute Gasteiger partial charge is 0.307 e. The Balaban J connectivity index is 2.04. The lowest BCUT2D eigenvalue weighted by Crippen LogP contribution is -2.51. The van der Waals surface area contributed by atoms with Gasteiger partial charge >= 0.3 is 5.97 Å². The highest BCUT2D eigenvalue weighted by Gasteiger charge is 2.37. The van der Waals surface area contributed by atoms with E-state index in [0.29, 0.717) is 12.5 Å². The molecule has 110 valence electrons. The van der Waals surface area contributed by atoms with Crippen LogP contribution in [-0.4, -0.2) is 48.7 Å². The number of rotatable bonds is 3. The van der Waals surface area contributed by atoms with Gasteiger partial charge in [-0.1, -0.05) is 12.8 Å². The highest BCUT2D eigenvalue weighted by molar-refractivity contribution is 5.69. The standard InChI is InChI=1S/C15H28N2O2/c1-15(2)8-9-16-12(10-14(18)19-3)11-17(15)13-6-4-5-7-13/h12-13,16H,4-11H2,1-3H3. The third-order valence-electron chi connectivity index (χ3n) is 4.77. The summed E-state index contributed by atoms with van der Waals surface area (Å²) in [7, 11) is 1.47. The second-order valence-corrected chi connectivity index (χ2v) is 6.58. The Morgan fingerprint density at radius 3 is 2.68 bits per heavy atom. The van der Waals surface area contributed by atoms with Gasteiger partial charge in [-0.25, -0.2) is 0 Å². The molecule has 1 heterocycles. The van der Waals surface area contributed by atoms with Crippen molar-refractivity contribution >= 4 is 5.97 Å². The lowest BCUT2D eigenvalue weighted by Gasteiger charge is -2.42. The minimum atomic E-state index is -0.108. The van der Waals surface area contributed by atoms with Crippen LogP contribution in [0.3, 0.4) is 0 Å². The number of methoxy groups -OCH3 is 1. The second kappa shape index (κ2) is 6.23. The molecule has 1 aliphatic heterocycles. The second-order valence-electron chi connectivity index (χ2n) is 6.58. The summed E-state index contributed by atoms with van der Waals surface area (Å²) in [6.45, 7) is 6.63. The summed E-state index contributed by atoms with van der Waals surface area (Å²) in [6.07, 6.45) is 6.96. The molecule has 4 nitrogen and oxygen atoms in total. The van der Waals surface area contributed by atoms with Crippen molar-refractivity contribution in [2.24, 2.45) is 0 Å². The van der Waals surface area contributed by atoms with Crippen LogP contribution in [0.2, 0.25) is 0 Å². The first-order chi connectivity index (χ1) is 9.03. The van der Waals surface area contributed by atoms with E-state index in [1.165, 1.54) is 32.8 Å². The van der Waals surface area contributed by atoms with E-state index in [1.54, 1.807) is 0 Å². The van der Waals surface area contributed by atoms with E-state index >= 15 is 0 Å². The maximum Gasteiger partial charge on any atom is 0.307 e. The molecule has 1 atom stereocenters. The zero-order valence-electron chi connectivity index (χ0n) is 12.6. The molecule has 4 heteroatoms. The first-order valence-electron chi connectivity index (χ1n) is 7.60. The molecule has 0 aromatic carbocycles. The highest BCUT2D eigenvalue weighted by Crippen LogP contribution is 2.32. The number of carbonyl (C=O) groups is 1. The zero-order chi connectivity index (χ0) is 13.9. The monoisotopic (exact) mass is 268 g/mol. The van der Waals surface area contributed by atoms with Crippen molar-refractivity contribution in [3.05, 3.63) is 0 Å². The Kier molecular flexibility index (Phi) is 4.85. The Morgan fingerprint density at radius 2 is 2.05 bits per heavy atom. The molecule has 2 fully saturated rings. The summed E-state index contributed by atoms with van der Waals surface area (Å²) in [5.41, 5.74) is 0.229. The van der Waals surface area contributed by atoms with Crippen LogP contribution in [0, 0.1) is 0 Å². The number of ether oxygens (including phenoxy) is 1. The molecular weight excluding hydrogens is 240 g/mol. The van der Waals surface area contributed by atoms with Gasteiger partial charge in [0.1, 0.15) is 0 Å². The van der Waals surface area contributed by atoms with Crippen LogP contribution in [0.15, 0.2) is 0 Å². The van der Waals surface area contributed by atoms with Gasteiger partial charge in [0, 0.05) is 24.2 Å². The van der Waals surface area contributed by atoms with Gasteiger partial charge in [-0.3, -0.25) is 9.69 Å². The van der Waals surface area contributed by atoms with E-state index in [9.17, 15) is 4.79 Å². The van der Waals surface area contributed by atoms with E-state index in [4.69, 9.17) is 4.74 Å². The van der Waals surface area contributed by atoms with E-state index in [2.05, 4.69) is 24.1 Å². The van der Waals surface area contributed by atoms with Gasteiger partial charge in [0.15, 0.2) is 0 Å². The third kappa shape index (κ3) is 3.69. The molecule has 0 aromatic rings. The van der Waals surface area contributed by atoms with Crippen LogP contribution in [0.25, 0.3) is 0 Å². The van der Waals surface area contributed by atoms with E-state index in [-0.39, 0.29) is 17.6 Å². The average Bonchev–Trinajstić information content (AvgIpc) is 2.83. The van der Waals surface area contributed by atoms with Crippen molar-refractivity contribution in [2.45, 2.75) is 70.0 Å². The predicted octanol–water partition coefficient (Wildman–Crippen LogP) is 1.93. The molecule has 0 spiro atoms. The van der Waals surface area contributed by atoms with Gasteiger partial charge in [-0.05, 0) is 39.7 Å². The van der Waals surface area contributed by atoms with Gasteiger partial charge in [0.2, 0.25) is 0 Å². The summed E-state index contributed by atoms with van der Waals surface area (Å²) >= 11 is 0. The normalized spacial score (nSPS) is 29.1. The van der Waals surface area contributed by atoms with Crippen LogP contribution < -0.4 is 5.32 Å². The van der Waals surface area contributed by atoms with Crippen LogP contribution >= 0.6 is 0 Å². The Hall–Kier alpha value is -0.610. The number of hydrogen-bond donors (Lipinski definition) is 1. The number of hydrogen-bond acceptors (Lipinski definition) is 4. The number of esters is 1. The fraction of sp³-hybridized carbons (Fsp3) is 0.933. The molecule has 1 saturated heterocycles. The molecular formula is C15H28N2O2. The predicted molar refractivity (Wildman–Crippen MR) is 76.1 cm³/mol. The molecule has 0 radical (unpaired) electrons. The maximum atomic E-state index is 11.5. The summed E-state index contributed by atoms with van der Waals surface area (Å²) in [6, 6.07) is 0.935. The quantitative estimate of drug-likeness (QED) is 0.794. The van der Waals surface area contributed by atoms with Crippen molar-refractivity contribution in [2.75, 3.05) is 20.2 Å². The molecule has 0 bridgehead atoms. The Labute approximate surface area is 116 Å². The van der Waals surface area contributed by atoms with Gasteiger partial charge in [0.25, 0.3) is 0 Å². The number of carbonyl (C=O) groups excluding carboxylic acids is 1. The molecule has 2 rings (SSSR count). The molecule has 2 aliphatic rings. The Morgan fingerprint density at radius 1 is 1.37 bits per heavy atom. The molecule has 1 saturated carbocycles. The number of nitrogens with one attached hydrogen (secondary N) is 1. The largest absolute Gasteiger partial charge is 0.469 e. The summed E-state index contributed by atoms with van der Waals surface area (Å²) < 4.78 is 4.81. The van der Waals surface area contributed by atoms with Crippen molar-refractivity contribution in [3.8, 4) is 0 Å². The number of nitrogens with zero attached hydrogens (tertiary/aromatic N) is 1. The van der Waals surface area contributed by atoms with Gasteiger partial charge < -0.3 is 10.1 Å². The van der Waals surface area contributed by atoms with Crippen LogP contribution in [0.4, 0.5) is 0 Å². The Bertz CT molecular complexity index is 311. The fourth-order valence-electron chi connectivity index (χ4n) is 3.56. The summed E-state index contributed by atoms with van der Waals surface area (Å²) in [4.78, 5) is 14.1. The molecule has 0 aromatic heterocycles. The topological polar surface area (TPSA) is 41.6 Å². The molecule has 0 amide bonds. The summed E-state index contributed by atoms with van der Waals surface area (Å²) in [5, 5.41) is 3.51. The zero-order valence-corrected chi connectivity index (χ0v) is 12.6. The average molecular weight is 268 g/mol. The highest BCUT2D eigenvalue weighted by atomic mass is 16.5. The first kappa shape index (κ1) is 14.8. The fourth-order valence-corrected chi connectivity index (χ4v) is 3.56. The van der Waals surface area contributed by atoms with Gasteiger partial charge in [-0.15, -0.1) is 0 Å². The lowest BCUT2D eigenvalue weighted by molar-refractivity contribution is -0.141. The van der Waals surface area contributed by atoms with E-state index in [0.717, 1.165) is 19.5 Å². The molecule has 1 aliphatic carbocycles. The molecule has 1 unspecified atom stereocenters. The van der Waals surface area contributed by atoms with Crippen molar-refractivity contribution in [3.63, 3.8) is 0 Å². The van der Waals surface area contributed by atoms with E-state index < -0.39 is 0 Å². The van der Waals surface area contributed by atoms with Crippen molar-refractivity contribution < 1.29 is 9.53 Å². The minimum absolute atomic E-state index is 0.108. The van der Waals surface area contributed by atoms with Crippen molar-refractivity contribution in [1.29, 1.82) is 0 Å². The SMILES string of the molecule is COC(=O)CC1CN(C2CCCC2)C(C)(C)CCN1. The first-order valence-corrected chi connectivity index (χ1v) is 7.60. The molecule has 1 N–H and O–H groups in total.